The van der Waals surface area contributed by atoms with E-state index in [2.05, 4.69) is 19.8 Å². The molecule has 0 spiro atoms. The summed E-state index contributed by atoms with van der Waals surface area (Å²) in [5.74, 6) is 0.725. The lowest BCUT2D eigenvalue weighted by atomic mass is 10.1. The quantitative estimate of drug-likeness (QED) is 0.656. The van der Waals surface area contributed by atoms with Gasteiger partial charge in [0.15, 0.2) is 0 Å². The molecule has 2 saturated heterocycles. The lowest BCUT2D eigenvalue weighted by Crippen LogP contribution is -2.48. The van der Waals surface area contributed by atoms with Gasteiger partial charge in [-0.25, -0.2) is 8.42 Å². The fourth-order valence-corrected chi connectivity index (χ4v) is 4.84. The summed E-state index contributed by atoms with van der Waals surface area (Å²) in [4.78, 5) is 19.4. The number of methoxy groups -OCH3 is 1. The Hall–Kier alpha value is -2.98. The highest BCUT2D eigenvalue weighted by atomic mass is 32.2. The Balaban J connectivity index is 1.47. The van der Waals surface area contributed by atoms with Crippen LogP contribution < -0.4 is 24.6 Å². The number of anilines is 3. The van der Waals surface area contributed by atoms with E-state index in [1.807, 2.05) is 35.2 Å². The number of sulfonamides is 1. The van der Waals surface area contributed by atoms with Crippen molar-refractivity contribution in [1.29, 1.82) is 0 Å². The van der Waals surface area contributed by atoms with Crippen LogP contribution in [0.5, 0.6) is 5.75 Å². The van der Waals surface area contributed by atoms with Gasteiger partial charge in [0.25, 0.3) is 5.91 Å². The first kappa shape index (κ1) is 23.2. The summed E-state index contributed by atoms with van der Waals surface area (Å²) in [6.45, 7) is 5.86. The molecule has 0 aliphatic carbocycles. The molecule has 0 bridgehead atoms. The summed E-state index contributed by atoms with van der Waals surface area (Å²) in [6, 6.07) is 13.2. The van der Waals surface area contributed by atoms with Crippen LogP contribution >= 0.6 is 0 Å². The molecule has 2 aliphatic rings. The number of rotatable bonds is 6. The number of benzene rings is 2. The molecule has 2 N–H and O–H groups in total. The lowest BCUT2D eigenvalue weighted by Gasteiger charge is -2.36. The van der Waals surface area contributed by atoms with E-state index in [9.17, 15) is 13.2 Å². The van der Waals surface area contributed by atoms with E-state index in [0.29, 0.717) is 24.3 Å². The highest BCUT2D eigenvalue weighted by Crippen LogP contribution is 2.29. The van der Waals surface area contributed by atoms with E-state index < -0.39 is 10.0 Å². The number of piperazine rings is 2. The van der Waals surface area contributed by atoms with E-state index in [-0.39, 0.29) is 5.91 Å². The molecule has 33 heavy (non-hydrogen) atoms. The predicted octanol–water partition coefficient (Wildman–Crippen LogP) is 1.44. The van der Waals surface area contributed by atoms with E-state index >= 15 is 0 Å². The van der Waals surface area contributed by atoms with Gasteiger partial charge in [-0.15, -0.1) is 0 Å². The molecule has 10 heteroatoms. The molecule has 0 aromatic heterocycles. The third kappa shape index (κ3) is 5.69. The summed E-state index contributed by atoms with van der Waals surface area (Å²) in [6.07, 6.45) is 1.13. The minimum absolute atomic E-state index is 0.0900. The van der Waals surface area contributed by atoms with Crippen molar-refractivity contribution in [3.05, 3.63) is 48.0 Å². The fraction of sp³-hybridized carbons (Fsp3) is 0.435. The van der Waals surface area contributed by atoms with Crippen LogP contribution in [-0.4, -0.2) is 84.9 Å². The smallest absolute Gasteiger partial charge is 0.254 e. The van der Waals surface area contributed by atoms with Crippen molar-refractivity contribution >= 4 is 33.0 Å². The zero-order valence-electron chi connectivity index (χ0n) is 19.1. The maximum atomic E-state index is 13.2. The molecule has 2 fully saturated rings. The van der Waals surface area contributed by atoms with E-state index in [1.165, 1.54) is 0 Å². The zero-order valence-corrected chi connectivity index (χ0v) is 19.9. The largest absolute Gasteiger partial charge is 0.497 e. The van der Waals surface area contributed by atoms with Crippen molar-refractivity contribution in [3.8, 4) is 5.75 Å². The van der Waals surface area contributed by atoms with Crippen molar-refractivity contribution in [2.24, 2.45) is 0 Å². The Morgan fingerprint density at radius 2 is 1.61 bits per heavy atom. The average Bonchev–Trinajstić information content (AvgIpc) is 2.83. The summed E-state index contributed by atoms with van der Waals surface area (Å²) >= 11 is 0. The molecule has 4 rings (SSSR count). The third-order valence-electron chi connectivity index (χ3n) is 6.00. The highest BCUT2D eigenvalue weighted by Gasteiger charge is 2.24. The molecule has 1 amide bonds. The Morgan fingerprint density at radius 1 is 0.939 bits per heavy atom. The molecule has 0 unspecified atom stereocenters. The number of nitrogens with zero attached hydrogens (tertiary/aromatic N) is 3. The van der Waals surface area contributed by atoms with Gasteiger partial charge in [-0.2, -0.15) is 0 Å². The first-order chi connectivity index (χ1) is 15.8. The van der Waals surface area contributed by atoms with Gasteiger partial charge in [0, 0.05) is 63.6 Å². The standard InChI is InChI=1S/C23H31N5O4S/c1-32-20-6-4-19(5-7-20)26-13-15-28(16-14-26)23(29)18-3-8-22(27-11-9-24-10-12-27)21(17-18)25-33(2,30)31/h3-8,17,24-25H,9-16H2,1-2H3. The summed E-state index contributed by atoms with van der Waals surface area (Å²) in [7, 11) is -1.84. The third-order valence-corrected chi connectivity index (χ3v) is 6.59. The maximum Gasteiger partial charge on any atom is 0.254 e. The van der Waals surface area contributed by atoms with Crippen molar-refractivity contribution in [2.45, 2.75) is 0 Å². The minimum atomic E-state index is -3.48. The predicted molar refractivity (Wildman–Crippen MR) is 131 cm³/mol. The van der Waals surface area contributed by atoms with Gasteiger partial charge in [-0.3, -0.25) is 9.52 Å². The SMILES string of the molecule is COc1ccc(N2CCN(C(=O)c3ccc(N4CCNCC4)c(NS(C)(=O)=O)c3)CC2)cc1. The van der Waals surface area contributed by atoms with Gasteiger partial charge in [-0.05, 0) is 42.5 Å². The Labute approximate surface area is 195 Å². The average molecular weight is 474 g/mol. The number of nitrogens with one attached hydrogen (secondary N) is 2. The summed E-state index contributed by atoms with van der Waals surface area (Å²) in [5, 5.41) is 3.29. The molecular weight excluding hydrogens is 442 g/mol. The van der Waals surface area contributed by atoms with Crippen LogP contribution in [-0.2, 0) is 10.0 Å². The number of carbonyl (C=O) groups excluding carboxylic acids is 1. The molecule has 2 aromatic carbocycles. The van der Waals surface area contributed by atoms with Gasteiger partial charge in [0.1, 0.15) is 5.75 Å². The van der Waals surface area contributed by atoms with Gasteiger partial charge in [0.05, 0.1) is 24.7 Å². The van der Waals surface area contributed by atoms with Crippen LogP contribution in [0.1, 0.15) is 10.4 Å². The van der Waals surface area contributed by atoms with Crippen LogP contribution in [0.4, 0.5) is 17.1 Å². The van der Waals surface area contributed by atoms with Crippen LogP contribution in [0.3, 0.4) is 0 Å². The zero-order chi connectivity index (χ0) is 23.4. The molecule has 0 radical (unpaired) electrons. The molecular formula is C23H31N5O4S. The molecule has 0 saturated carbocycles. The number of hydrogen-bond acceptors (Lipinski definition) is 7. The summed E-state index contributed by atoms with van der Waals surface area (Å²) in [5.41, 5.74) is 2.82. The number of hydrogen-bond donors (Lipinski definition) is 2. The highest BCUT2D eigenvalue weighted by molar-refractivity contribution is 7.92. The van der Waals surface area contributed by atoms with Crippen LogP contribution in [0.25, 0.3) is 0 Å². The first-order valence-corrected chi connectivity index (χ1v) is 13.0. The second-order valence-corrected chi connectivity index (χ2v) is 10.1. The van der Waals surface area contributed by atoms with Crippen molar-refractivity contribution in [3.63, 3.8) is 0 Å². The Morgan fingerprint density at radius 3 is 2.21 bits per heavy atom. The van der Waals surface area contributed by atoms with Crippen molar-refractivity contribution in [1.82, 2.24) is 10.2 Å². The Kier molecular flexibility index (Phi) is 6.94. The van der Waals surface area contributed by atoms with E-state index in [0.717, 1.165) is 62.6 Å². The van der Waals surface area contributed by atoms with Crippen LogP contribution in [0.2, 0.25) is 0 Å². The Bertz CT molecular complexity index is 1080. The summed E-state index contributed by atoms with van der Waals surface area (Å²) < 4.78 is 31.8. The number of carbonyl (C=O) groups is 1. The van der Waals surface area contributed by atoms with Gasteiger partial charge < -0.3 is 24.8 Å². The minimum Gasteiger partial charge on any atom is -0.497 e. The molecule has 2 aliphatic heterocycles. The fourth-order valence-electron chi connectivity index (χ4n) is 4.28. The normalized spacial score (nSPS) is 17.1. The number of ether oxygens (including phenoxy) is 1. The molecule has 178 valence electrons. The molecule has 2 aromatic rings. The molecule has 2 heterocycles. The topological polar surface area (TPSA) is 94.2 Å². The monoisotopic (exact) mass is 473 g/mol. The van der Waals surface area contributed by atoms with Crippen molar-refractivity contribution < 1.29 is 17.9 Å². The maximum absolute atomic E-state index is 13.2. The van der Waals surface area contributed by atoms with Crippen LogP contribution in [0.15, 0.2) is 42.5 Å². The van der Waals surface area contributed by atoms with Gasteiger partial charge in [-0.1, -0.05) is 0 Å². The first-order valence-electron chi connectivity index (χ1n) is 11.1. The second-order valence-electron chi connectivity index (χ2n) is 8.32. The van der Waals surface area contributed by atoms with Gasteiger partial charge >= 0.3 is 0 Å². The number of amides is 1. The van der Waals surface area contributed by atoms with E-state index in [1.54, 1.807) is 19.2 Å². The van der Waals surface area contributed by atoms with Crippen molar-refractivity contribution in [2.75, 3.05) is 80.2 Å². The van der Waals surface area contributed by atoms with Gasteiger partial charge in [0.2, 0.25) is 10.0 Å². The molecule has 0 atom stereocenters. The second kappa shape index (κ2) is 9.88. The van der Waals surface area contributed by atoms with E-state index in [4.69, 9.17) is 4.74 Å². The van der Waals surface area contributed by atoms with Crippen LogP contribution in [0, 0.1) is 0 Å². The lowest BCUT2D eigenvalue weighted by molar-refractivity contribution is 0.0747. The molecule has 9 nitrogen and oxygen atoms in total.